The Balaban J connectivity index is 0.992. The highest BCUT2D eigenvalue weighted by molar-refractivity contribution is 6.07. The number of hydrogen-bond donors (Lipinski definition) is 4. The summed E-state index contributed by atoms with van der Waals surface area (Å²) < 4.78 is 13.5. The van der Waals surface area contributed by atoms with E-state index < -0.39 is 5.41 Å². The normalized spacial score (nSPS) is 34.2. The summed E-state index contributed by atoms with van der Waals surface area (Å²) >= 11 is 0. The summed E-state index contributed by atoms with van der Waals surface area (Å²) in [6, 6.07) is 25.7. The minimum atomic E-state index is -0.826. The minimum absolute atomic E-state index is 0.0126. The zero-order chi connectivity index (χ0) is 46.1. The molecular formula is C60H71N3O5. The SMILES string of the molecule is CC[C@H](/C=C1\OC(=O)C2=C(c3cc(O)ccc3-c3cccc(CNC4CCCC4)c3)[C@@H]3CC[C@@]21[C@H]1C2=C(CC[C@@H]31)C(=C1CC[C@@H]3CCC[C@@]3([C@@H]3CCN[C@@H](NC)C3)C1)OC2=O)Cc1ccccc1. The molecule has 3 aromatic rings. The zero-order valence-electron chi connectivity index (χ0n) is 40.3. The van der Waals surface area contributed by atoms with Gasteiger partial charge in [0.1, 0.15) is 17.3 Å². The standard InChI is InChI=1S/C60H71N3O5/c1-3-36(29-37-11-5-4-6-12-37)31-50-60-27-24-46(52(55(60)58(66)67-50)49-33-44(64)20-21-45(49)39-14-9-13-38(30-39)35-63-43-16-7-8-17-43)47-22-23-48-53(54(47)60)57(65)68-56(48)40-18-19-41-15-10-26-59(41,34-40)42-25-28-62-51(32-42)61-2/h4-6,9,11-14,20-21,30-31,33,36,41-43,46-47,51,54,61-64H,3,7-8,10,15-19,22-29,32,34-35H2,1-2H3/b50-31-,56-40?/t36-,41-,42+,46+,47-,51+,54+,59+,60+/m0/s1. The molecule has 0 radical (unpaired) electrons. The fourth-order valence-electron chi connectivity index (χ4n) is 16.2. The predicted molar refractivity (Wildman–Crippen MR) is 266 cm³/mol. The molecule has 8 heteroatoms. The highest BCUT2D eigenvalue weighted by Gasteiger charge is 2.69. The second kappa shape index (κ2) is 17.9. The monoisotopic (exact) mass is 914 g/mol. The van der Waals surface area contributed by atoms with Crippen molar-refractivity contribution >= 4 is 17.5 Å². The first-order valence-electron chi connectivity index (χ1n) is 26.7. The molecule has 3 aromatic carbocycles. The van der Waals surface area contributed by atoms with Crippen LogP contribution >= 0.6 is 0 Å². The number of piperidine rings is 1. The van der Waals surface area contributed by atoms with Gasteiger partial charge in [-0.05, 0) is 208 Å². The van der Waals surface area contributed by atoms with Crippen LogP contribution in [0.1, 0.15) is 133 Å². The molecule has 10 aliphatic rings. The van der Waals surface area contributed by atoms with Crippen molar-refractivity contribution in [3.63, 3.8) is 0 Å². The molecule has 68 heavy (non-hydrogen) atoms. The maximum Gasteiger partial charge on any atom is 0.340 e. The van der Waals surface area contributed by atoms with E-state index >= 15 is 9.59 Å². The van der Waals surface area contributed by atoms with Crippen LogP contribution in [0.3, 0.4) is 0 Å². The lowest BCUT2D eigenvalue weighted by atomic mass is 9.44. The van der Waals surface area contributed by atoms with E-state index in [1.165, 1.54) is 74.5 Å². The highest BCUT2D eigenvalue weighted by atomic mass is 16.6. The van der Waals surface area contributed by atoms with Gasteiger partial charge in [0.05, 0.1) is 17.2 Å². The summed E-state index contributed by atoms with van der Waals surface area (Å²) in [5, 5.41) is 22.4. The molecule has 0 aromatic heterocycles. The van der Waals surface area contributed by atoms with Crippen LogP contribution in [0.4, 0.5) is 0 Å². The number of phenolic OH excluding ortho intramolecular Hbond substituents is 1. The summed E-state index contributed by atoms with van der Waals surface area (Å²) in [4.78, 5) is 30.2. The maximum atomic E-state index is 15.2. The summed E-state index contributed by atoms with van der Waals surface area (Å²) in [6.07, 6.45) is 22.1. The molecule has 6 fully saturated rings. The van der Waals surface area contributed by atoms with Crippen molar-refractivity contribution in [3.05, 3.63) is 129 Å². The molecule has 4 N–H and O–H groups in total. The molecule has 8 nitrogen and oxygen atoms in total. The van der Waals surface area contributed by atoms with E-state index in [1.807, 2.05) is 12.1 Å². The van der Waals surface area contributed by atoms with Gasteiger partial charge in [0, 0.05) is 29.7 Å². The Hall–Kier alpha value is -4.76. The number of aromatic hydroxyl groups is 1. The maximum absolute atomic E-state index is 15.2. The molecule has 2 saturated heterocycles. The van der Waals surface area contributed by atoms with E-state index in [4.69, 9.17) is 9.47 Å². The zero-order valence-corrected chi connectivity index (χ0v) is 40.3. The Kier molecular flexibility index (Phi) is 11.7. The van der Waals surface area contributed by atoms with E-state index in [0.29, 0.717) is 23.7 Å². The van der Waals surface area contributed by atoms with Gasteiger partial charge in [0.15, 0.2) is 0 Å². The number of esters is 2. The molecule has 4 saturated carbocycles. The molecule has 0 amide bonds. The Bertz CT molecular complexity index is 2620. The van der Waals surface area contributed by atoms with Crippen LogP contribution in [0.2, 0.25) is 0 Å². The summed E-state index contributed by atoms with van der Waals surface area (Å²) in [6.45, 7) is 4.07. The number of fused-ring (bicyclic) bond motifs is 2. The van der Waals surface area contributed by atoms with E-state index in [1.54, 1.807) is 6.07 Å². The Morgan fingerprint density at radius 3 is 2.51 bits per heavy atom. The van der Waals surface area contributed by atoms with Crippen molar-refractivity contribution in [2.75, 3.05) is 13.6 Å². The van der Waals surface area contributed by atoms with Crippen molar-refractivity contribution in [2.24, 2.45) is 46.3 Å². The number of cyclic esters (lactones) is 2. The highest BCUT2D eigenvalue weighted by Crippen LogP contribution is 2.73. The third kappa shape index (κ3) is 7.32. The summed E-state index contributed by atoms with van der Waals surface area (Å²) in [5.41, 5.74) is 9.94. The van der Waals surface area contributed by atoms with Crippen LogP contribution in [-0.4, -0.2) is 42.8 Å². The van der Waals surface area contributed by atoms with E-state index in [-0.39, 0.29) is 46.8 Å². The average molecular weight is 914 g/mol. The summed E-state index contributed by atoms with van der Waals surface area (Å²) in [5.74, 6) is 2.69. The number of carbonyl (C=O) groups is 2. The largest absolute Gasteiger partial charge is 0.508 e. The first-order valence-corrected chi connectivity index (χ1v) is 26.7. The number of rotatable bonds is 11. The molecule has 2 bridgehead atoms. The van der Waals surface area contributed by atoms with Gasteiger partial charge in [-0.1, -0.05) is 80.8 Å². The predicted octanol–water partition coefficient (Wildman–Crippen LogP) is 11.6. The number of benzene rings is 3. The third-order valence-electron chi connectivity index (χ3n) is 19.3. The Morgan fingerprint density at radius 2 is 1.68 bits per heavy atom. The number of ether oxygens (including phenoxy) is 2. The van der Waals surface area contributed by atoms with E-state index in [2.05, 4.69) is 90.6 Å². The van der Waals surface area contributed by atoms with Gasteiger partial charge in [0.25, 0.3) is 0 Å². The van der Waals surface area contributed by atoms with Gasteiger partial charge < -0.3 is 30.5 Å². The number of nitrogens with one attached hydrogen (secondary N) is 3. The molecule has 1 spiro atoms. The lowest BCUT2D eigenvalue weighted by Crippen LogP contribution is -2.52. The lowest BCUT2D eigenvalue weighted by molar-refractivity contribution is -0.135. The second-order valence-corrected chi connectivity index (χ2v) is 22.4. The fraction of sp³-hybridized carbons (Fsp3) is 0.533. The van der Waals surface area contributed by atoms with Crippen LogP contribution in [0.25, 0.3) is 16.7 Å². The van der Waals surface area contributed by atoms with E-state index in [0.717, 1.165) is 122 Å². The Labute approximate surface area is 403 Å². The Morgan fingerprint density at radius 1 is 0.824 bits per heavy atom. The molecule has 356 valence electrons. The lowest BCUT2D eigenvalue weighted by Gasteiger charge is -2.56. The first-order chi connectivity index (χ1) is 33.3. The quantitative estimate of drug-likeness (QED) is 0.141. The average Bonchev–Trinajstić information content (AvgIpc) is 4.19. The molecule has 0 unspecified atom stereocenters. The molecule has 3 aliphatic heterocycles. The topological polar surface area (TPSA) is 109 Å². The molecular weight excluding hydrogens is 843 g/mol. The van der Waals surface area contributed by atoms with Gasteiger partial charge in [-0.3, -0.25) is 0 Å². The minimum Gasteiger partial charge on any atom is -0.508 e. The van der Waals surface area contributed by atoms with Crippen LogP contribution < -0.4 is 16.0 Å². The number of hydrogen-bond acceptors (Lipinski definition) is 8. The molecule has 13 rings (SSSR count). The van der Waals surface area contributed by atoms with Crippen LogP contribution in [0.15, 0.2) is 113 Å². The van der Waals surface area contributed by atoms with Crippen molar-refractivity contribution in [2.45, 2.75) is 141 Å². The third-order valence-corrected chi connectivity index (χ3v) is 19.3. The van der Waals surface area contributed by atoms with Crippen molar-refractivity contribution < 1.29 is 24.2 Å². The van der Waals surface area contributed by atoms with Crippen molar-refractivity contribution in [3.8, 4) is 16.9 Å². The van der Waals surface area contributed by atoms with Gasteiger partial charge in [-0.25, -0.2) is 9.59 Å². The summed E-state index contributed by atoms with van der Waals surface area (Å²) in [7, 11) is 2.08. The van der Waals surface area contributed by atoms with Crippen molar-refractivity contribution in [1.82, 2.24) is 16.0 Å². The van der Waals surface area contributed by atoms with Crippen LogP contribution in [-0.2, 0) is 32.0 Å². The van der Waals surface area contributed by atoms with Crippen molar-refractivity contribution in [1.29, 1.82) is 0 Å². The second-order valence-electron chi connectivity index (χ2n) is 22.4. The van der Waals surface area contributed by atoms with Crippen LogP contribution in [0, 0.1) is 46.3 Å². The molecule has 7 aliphatic carbocycles. The number of carbonyl (C=O) groups excluding carboxylic acids is 2. The van der Waals surface area contributed by atoms with Gasteiger partial charge >= 0.3 is 11.9 Å². The first kappa shape index (κ1) is 44.4. The fourth-order valence-corrected chi connectivity index (χ4v) is 16.2. The van der Waals surface area contributed by atoms with Gasteiger partial charge in [-0.15, -0.1) is 0 Å². The van der Waals surface area contributed by atoms with Crippen LogP contribution in [0.5, 0.6) is 5.75 Å². The van der Waals surface area contributed by atoms with Gasteiger partial charge in [0.2, 0.25) is 0 Å². The smallest absolute Gasteiger partial charge is 0.340 e. The number of phenols is 1. The van der Waals surface area contributed by atoms with Gasteiger partial charge in [-0.2, -0.15) is 0 Å². The molecule has 9 atom stereocenters. The molecule has 3 heterocycles. The van der Waals surface area contributed by atoms with E-state index in [9.17, 15) is 5.11 Å². The number of allylic oxidation sites excluding steroid dienone is 5.